The summed E-state index contributed by atoms with van der Waals surface area (Å²) in [5, 5.41) is 0.865. The molecule has 0 saturated heterocycles. The lowest BCUT2D eigenvalue weighted by Crippen LogP contribution is -2.43. The Kier molecular flexibility index (Phi) is 5.30. The van der Waals surface area contributed by atoms with E-state index in [1.807, 2.05) is 68.4 Å². The van der Waals surface area contributed by atoms with Gasteiger partial charge in [-0.3, -0.25) is 4.79 Å². The molecular formula is C22H22N2O3S. The first kappa shape index (κ1) is 18.5. The summed E-state index contributed by atoms with van der Waals surface area (Å²) in [7, 11) is 0. The van der Waals surface area contributed by atoms with Crippen LogP contribution in [0, 0.1) is 6.92 Å². The number of likely N-dealkylation sites (N-methyl/N-ethyl adjacent to an activating group) is 1. The smallest absolute Gasteiger partial charge is 0.265 e. The molecule has 1 aromatic heterocycles. The van der Waals surface area contributed by atoms with Gasteiger partial charge in [-0.1, -0.05) is 42.5 Å². The summed E-state index contributed by atoms with van der Waals surface area (Å²) in [6.45, 7) is 5.36. The average molecular weight is 394 g/mol. The van der Waals surface area contributed by atoms with Gasteiger partial charge in [-0.05, 0) is 26.0 Å². The lowest BCUT2D eigenvalue weighted by Gasteiger charge is -2.30. The molecule has 1 amide bonds. The third kappa shape index (κ3) is 3.73. The first-order valence-corrected chi connectivity index (χ1v) is 10.2. The Hall–Kier alpha value is -2.86. The molecule has 1 unspecified atom stereocenters. The molecule has 0 aliphatic carbocycles. The standard InChI is InChI=1S/C22H22N2O3S/c1-3-24(13-17-14-26-18-11-7-8-12-19(18)27-17)22(25)20-15(2)23-21(28-20)16-9-5-4-6-10-16/h4-12,17H,3,13-14H2,1-2H3. The van der Waals surface area contributed by atoms with Crippen molar-refractivity contribution in [1.29, 1.82) is 0 Å². The second-order valence-corrected chi connectivity index (χ2v) is 7.64. The number of hydrogen-bond acceptors (Lipinski definition) is 5. The summed E-state index contributed by atoms with van der Waals surface area (Å²) in [6.07, 6.45) is -0.194. The van der Waals surface area contributed by atoms with Gasteiger partial charge in [0.15, 0.2) is 17.6 Å². The van der Waals surface area contributed by atoms with Crippen molar-refractivity contribution in [3.8, 4) is 22.1 Å². The van der Waals surface area contributed by atoms with Gasteiger partial charge < -0.3 is 14.4 Å². The van der Waals surface area contributed by atoms with Gasteiger partial charge in [0.05, 0.1) is 12.2 Å². The minimum atomic E-state index is -0.194. The Morgan fingerprint density at radius 3 is 2.61 bits per heavy atom. The highest BCUT2D eigenvalue weighted by Gasteiger charge is 2.27. The second kappa shape index (κ2) is 8.02. The molecule has 2 heterocycles. The number of nitrogens with zero attached hydrogens (tertiary/aromatic N) is 2. The van der Waals surface area contributed by atoms with Crippen molar-refractivity contribution in [2.45, 2.75) is 20.0 Å². The maximum Gasteiger partial charge on any atom is 0.265 e. The predicted octanol–water partition coefficient (Wildman–Crippen LogP) is 4.42. The van der Waals surface area contributed by atoms with E-state index in [0.29, 0.717) is 24.6 Å². The zero-order valence-electron chi connectivity index (χ0n) is 15.9. The number of benzene rings is 2. The normalized spacial score (nSPS) is 15.3. The molecule has 0 spiro atoms. The molecule has 5 nitrogen and oxygen atoms in total. The molecule has 1 aliphatic heterocycles. The van der Waals surface area contributed by atoms with Gasteiger partial charge in [-0.15, -0.1) is 11.3 Å². The van der Waals surface area contributed by atoms with Gasteiger partial charge >= 0.3 is 0 Å². The van der Waals surface area contributed by atoms with E-state index in [1.54, 1.807) is 4.90 Å². The van der Waals surface area contributed by atoms with Crippen molar-refractivity contribution in [2.24, 2.45) is 0 Å². The van der Waals surface area contributed by atoms with Gasteiger partial charge in [-0.25, -0.2) is 4.98 Å². The maximum atomic E-state index is 13.2. The quantitative estimate of drug-likeness (QED) is 0.643. The zero-order chi connectivity index (χ0) is 19.5. The number of para-hydroxylation sites is 2. The van der Waals surface area contributed by atoms with Crippen LogP contribution in [0.15, 0.2) is 54.6 Å². The molecule has 1 atom stereocenters. The lowest BCUT2D eigenvalue weighted by molar-refractivity contribution is 0.0477. The Morgan fingerprint density at radius 1 is 1.14 bits per heavy atom. The van der Waals surface area contributed by atoms with Crippen molar-refractivity contribution in [3.63, 3.8) is 0 Å². The lowest BCUT2D eigenvalue weighted by atomic mass is 10.2. The summed E-state index contributed by atoms with van der Waals surface area (Å²) in [5.41, 5.74) is 1.79. The SMILES string of the molecule is CCN(CC1COc2ccccc2O1)C(=O)c1sc(-c2ccccc2)nc1C. The zero-order valence-corrected chi connectivity index (χ0v) is 16.7. The van der Waals surface area contributed by atoms with E-state index in [0.717, 1.165) is 27.8 Å². The summed E-state index contributed by atoms with van der Waals surface area (Å²) < 4.78 is 11.8. The van der Waals surface area contributed by atoms with Crippen LogP contribution in [0.1, 0.15) is 22.3 Å². The maximum absolute atomic E-state index is 13.2. The van der Waals surface area contributed by atoms with Crippen molar-refractivity contribution < 1.29 is 14.3 Å². The number of hydrogen-bond donors (Lipinski definition) is 0. The number of fused-ring (bicyclic) bond motifs is 1. The van der Waals surface area contributed by atoms with Crippen LogP contribution in [0.3, 0.4) is 0 Å². The molecule has 0 bridgehead atoms. The van der Waals surface area contributed by atoms with Crippen molar-refractivity contribution in [2.75, 3.05) is 19.7 Å². The van der Waals surface area contributed by atoms with Crippen LogP contribution in [0.25, 0.3) is 10.6 Å². The summed E-state index contributed by atoms with van der Waals surface area (Å²) in [4.78, 5) is 20.3. The first-order chi connectivity index (χ1) is 13.7. The number of aromatic nitrogens is 1. The highest BCUT2D eigenvalue weighted by molar-refractivity contribution is 7.17. The van der Waals surface area contributed by atoms with Crippen LogP contribution < -0.4 is 9.47 Å². The van der Waals surface area contributed by atoms with Gasteiger partial charge in [-0.2, -0.15) is 0 Å². The molecule has 0 saturated carbocycles. The highest BCUT2D eigenvalue weighted by Crippen LogP contribution is 2.32. The Balaban J connectivity index is 1.50. The molecule has 28 heavy (non-hydrogen) atoms. The van der Waals surface area contributed by atoms with E-state index in [4.69, 9.17) is 9.47 Å². The van der Waals surface area contributed by atoms with E-state index < -0.39 is 0 Å². The van der Waals surface area contributed by atoms with Crippen LogP contribution >= 0.6 is 11.3 Å². The van der Waals surface area contributed by atoms with Crippen molar-refractivity contribution in [1.82, 2.24) is 9.88 Å². The number of carbonyl (C=O) groups excluding carboxylic acids is 1. The Morgan fingerprint density at radius 2 is 1.86 bits per heavy atom. The first-order valence-electron chi connectivity index (χ1n) is 9.36. The average Bonchev–Trinajstić information content (AvgIpc) is 3.13. The predicted molar refractivity (Wildman–Crippen MR) is 110 cm³/mol. The number of ether oxygens (including phenoxy) is 2. The van der Waals surface area contributed by atoms with E-state index in [2.05, 4.69) is 4.98 Å². The molecule has 1 aliphatic rings. The fourth-order valence-electron chi connectivity index (χ4n) is 3.20. The monoisotopic (exact) mass is 394 g/mol. The topological polar surface area (TPSA) is 51.7 Å². The van der Waals surface area contributed by atoms with E-state index in [-0.39, 0.29) is 12.0 Å². The van der Waals surface area contributed by atoms with Crippen molar-refractivity contribution >= 4 is 17.2 Å². The number of amides is 1. The number of rotatable bonds is 5. The summed E-state index contributed by atoms with van der Waals surface area (Å²) in [5.74, 6) is 1.46. The molecule has 3 aromatic rings. The van der Waals surface area contributed by atoms with Crippen LogP contribution in [-0.2, 0) is 0 Å². The third-order valence-electron chi connectivity index (χ3n) is 4.67. The molecule has 0 fully saturated rings. The minimum Gasteiger partial charge on any atom is -0.486 e. The van der Waals surface area contributed by atoms with E-state index >= 15 is 0 Å². The fraction of sp³-hybridized carbons (Fsp3) is 0.273. The van der Waals surface area contributed by atoms with Gasteiger partial charge in [0.2, 0.25) is 0 Å². The molecule has 0 radical (unpaired) electrons. The van der Waals surface area contributed by atoms with Crippen LogP contribution in [0.4, 0.5) is 0 Å². The molecular weight excluding hydrogens is 372 g/mol. The minimum absolute atomic E-state index is 0.0119. The summed E-state index contributed by atoms with van der Waals surface area (Å²) in [6, 6.07) is 17.6. The number of carbonyl (C=O) groups is 1. The summed E-state index contributed by atoms with van der Waals surface area (Å²) >= 11 is 1.44. The number of aryl methyl sites for hydroxylation is 1. The van der Waals surface area contributed by atoms with Crippen LogP contribution in [0.2, 0.25) is 0 Å². The Bertz CT molecular complexity index is 971. The van der Waals surface area contributed by atoms with Crippen molar-refractivity contribution in [3.05, 3.63) is 65.2 Å². The largest absolute Gasteiger partial charge is 0.486 e. The molecule has 2 aromatic carbocycles. The highest BCUT2D eigenvalue weighted by atomic mass is 32.1. The van der Waals surface area contributed by atoms with Gasteiger partial charge in [0.1, 0.15) is 16.5 Å². The second-order valence-electron chi connectivity index (χ2n) is 6.64. The van der Waals surface area contributed by atoms with Crippen LogP contribution in [-0.4, -0.2) is 41.6 Å². The van der Waals surface area contributed by atoms with E-state index in [1.165, 1.54) is 11.3 Å². The Labute approximate surface area is 168 Å². The van der Waals surface area contributed by atoms with Gasteiger partial charge in [0, 0.05) is 12.1 Å². The third-order valence-corrected chi connectivity index (χ3v) is 5.87. The molecule has 0 N–H and O–H groups in total. The van der Waals surface area contributed by atoms with Crippen LogP contribution in [0.5, 0.6) is 11.5 Å². The number of thiazole rings is 1. The molecule has 6 heteroatoms. The molecule has 144 valence electrons. The van der Waals surface area contributed by atoms with E-state index in [9.17, 15) is 4.79 Å². The fourth-order valence-corrected chi connectivity index (χ4v) is 4.24. The molecule has 4 rings (SSSR count). The van der Waals surface area contributed by atoms with Gasteiger partial charge in [0.25, 0.3) is 5.91 Å².